The Bertz CT molecular complexity index is 1030. The van der Waals surface area contributed by atoms with Gasteiger partial charge in [0.2, 0.25) is 5.88 Å². The Labute approximate surface area is 180 Å². The summed E-state index contributed by atoms with van der Waals surface area (Å²) in [6.45, 7) is 4.34. The van der Waals surface area contributed by atoms with Gasteiger partial charge in [-0.25, -0.2) is 4.39 Å². The molecule has 0 saturated heterocycles. The number of anilines is 1. The minimum atomic E-state index is -0.320. The van der Waals surface area contributed by atoms with Gasteiger partial charge in [0.15, 0.2) is 5.96 Å². The lowest BCUT2D eigenvalue weighted by Crippen LogP contribution is -2.31. The van der Waals surface area contributed by atoms with E-state index in [1.165, 1.54) is 6.07 Å². The van der Waals surface area contributed by atoms with Crippen molar-refractivity contribution in [1.29, 1.82) is 5.41 Å². The van der Waals surface area contributed by atoms with Gasteiger partial charge in [-0.2, -0.15) is 0 Å². The van der Waals surface area contributed by atoms with Crippen LogP contribution in [0.1, 0.15) is 37.4 Å². The molecule has 0 saturated carbocycles. The summed E-state index contributed by atoms with van der Waals surface area (Å²) in [5.41, 5.74) is 3.06. The first-order valence-corrected chi connectivity index (χ1v) is 10.0. The number of carbonyl (C=O) groups is 1. The first-order valence-electron chi connectivity index (χ1n) is 10.0. The molecule has 1 atom stereocenters. The molecule has 31 heavy (non-hydrogen) atoms. The number of hydrogen-bond donors (Lipinski definition) is 3. The summed E-state index contributed by atoms with van der Waals surface area (Å²) in [5.74, 6) is -0.319. The van der Waals surface area contributed by atoms with Gasteiger partial charge >= 0.3 is 5.97 Å². The zero-order valence-electron chi connectivity index (χ0n) is 17.4. The molecule has 7 nitrogen and oxygen atoms in total. The van der Waals surface area contributed by atoms with Crippen LogP contribution in [0.5, 0.6) is 0 Å². The molecule has 0 aliphatic rings. The Morgan fingerprint density at radius 3 is 2.68 bits per heavy atom. The first kappa shape index (κ1) is 22.0. The molecular weight excluding hydrogens is 399 g/mol. The van der Waals surface area contributed by atoms with Crippen LogP contribution in [0.3, 0.4) is 0 Å². The Morgan fingerprint density at radius 2 is 1.97 bits per heavy atom. The highest BCUT2D eigenvalue weighted by molar-refractivity contribution is 5.90. The highest BCUT2D eigenvalue weighted by Crippen LogP contribution is 2.28. The highest BCUT2D eigenvalue weighted by Gasteiger charge is 2.15. The van der Waals surface area contributed by atoms with E-state index in [1.807, 2.05) is 37.3 Å². The molecule has 2 aromatic carbocycles. The molecular formula is C23H25FN4O3. The van der Waals surface area contributed by atoms with E-state index in [-0.39, 0.29) is 36.6 Å². The number of halogens is 1. The number of carbonyl (C=O) groups excluding carboxylic acids is 1. The van der Waals surface area contributed by atoms with Crippen molar-refractivity contribution in [1.82, 2.24) is 10.5 Å². The second-order valence-corrected chi connectivity index (χ2v) is 6.92. The molecule has 0 fully saturated rings. The van der Waals surface area contributed by atoms with Crippen molar-refractivity contribution in [2.24, 2.45) is 0 Å². The third-order valence-corrected chi connectivity index (χ3v) is 4.75. The Balaban J connectivity index is 1.57. The second-order valence-electron chi connectivity index (χ2n) is 6.92. The molecule has 0 aliphatic heterocycles. The van der Waals surface area contributed by atoms with Crippen LogP contribution >= 0.6 is 0 Å². The number of aromatic nitrogens is 1. The summed E-state index contributed by atoms with van der Waals surface area (Å²) >= 11 is 0. The van der Waals surface area contributed by atoms with Crippen LogP contribution in [0, 0.1) is 11.2 Å². The minimum absolute atomic E-state index is 0.00566. The molecule has 1 heterocycles. The fourth-order valence-corrected chi connectivity index (χ4v) is 3.06. The zero-order valence-corrected chi connectivity index (χ0v) is 17.4. The predicted molar refractivity (Wildman–Crippen MR) is 116 cm³/mol. The van der Waals surface area contributed by atoms with Crippen molar-refractivity contribution in [2.75, 3.05) is 18.5 Å². The molecule has 8 heteroatoms. The average molecular weight is 424 g/mol. The van der Waals surface area contributed by atoms with Crippen LogP contribution in [-0.4, -0.2) is 30.2 Å². The Kier molecular flexibility index (Phi) is 7.37. The highest BCUT2D eigenvalue weighted by atomic mass is 19.1. The van der Waals surface area contributed by atoms with Gasteiger partial charge in [0.1, 0.15) is 5.82 Å². The van der Waals surface area contributed by atoms with E-state index in [2.05, 4.69) is 15.8 Å². The fourth-order valence-electron chi connectivity index (χ4n) is 3.06. The van der Waals surface area contributed by atoms with Gasteiger partial charge in [-0.3, -0.25) is 15.5 Å². The van der Waals surface area contributed by atoms with Crippen molar-refractivity contribution >= 4 is 17.8 Å². The van der Waals surface area contributed by atoms with Crippen LogP contribution in [0.15, 0.2) is 59.1 Å². The largest absolute Gasteiger partial charge is 0.466 e. The lowest BCUT2D eigenvalue weighted by molar-refractivity contribution is -0.142. The molecule has 3 aromatic rings. The van der Waals surface area contributed by atoms with E-state index in [0.29, 0.717) is 23.7 Å². The van der Waals surface area contributed by atoms with E-state index in [4.69, 9.17) is 14.7 Å². The number of esters is 1. The number of nitrogens with zero attached hydrogens (tertiary/aromatic N) is 1. The van der Waals surface area contributed by atoms with Gasteiger partial charge in [-0.1, -0.05) is 54.5 Å². The topological polar surface area (TPSA) is 100 Å². The monoisotopic (exact) mass is 424 g/mol. The molecule has 162 valence electrons. The van der Waals surface area contributed by atoms with Crippen LogP contribution in [-0.2, 0) is 9.53 Å². The summed E-state index contributed by atoms with van der Waals surface area (Å²) in [5, 5.41) is 17.5. The van der Waals surface area contributed by atoms with E-state index in [9.17, 15) is 9.18 Å². The molecule has 0 aliphatic carbocycles. The second kappa shape index (κ2) is 10.4. The summed E-state index contributed by atoms with van der Waals surface area (Å²) in [4.78, 5) is 11.3. The number of nitrogens with one attached hydrogen (secondary N) is 3. The number of rotatable bonds is 8. The predicted octanol–water partition coefficient (Wildman–Crippen LogP) is 4.52. The Morgan fingerprint density at radius 1 is 1.23 bits per heavy atom. The Hall–Kier alpha value is -3.68. The third-order valence-electron chi connectivity index (χ3n) is 4.75. The van der Waals surface area contributed by atoms with Gasteiger partial charge in [0.25, 0.3) is 0 Å². The first-order chi connectivity index (χ1) is 15.0. The normalized spacial score (nSPS) is 11.6. The lowest BCUT2D eigenvalue weighted by atomic mass is 9.95. The van der Waals surface area contributed by atoms with Crippen LogP contribution in [0.4, 0.5) is 10.3 Å². The fraction of sp³-hybridized carbons (Fsp3) is 0.261. The van der Waals surface area contributed by atoms with E-state index >= 15 is 0 Å². The van der Waals surface area contributed by atoms with Gasteiger partial charge in [0, 0.05) is 24.1 Å². The average Bonchev–Trinajstić information content (AvgIpc) is 3.22. The van der Waals surface area contributed by atoms with Crippen molar-refractivity contribution in [2.45, 2.75) is 26.2 Å². The van der Waals surface area contributed by atoms with E-state index in [0.717, 1.165) is 11.1 Å². The summed E-state index contributed by atoms with van der Waals surface area (Å²) < 4.78 is 24.1. The maximum absolute atomic E-state index is 14.0. The summed E-state index contributed by atoms with van der Waals surface area (Å²) in [7, 11) is 0. The molecule has 0 radical (unpaired) electrons. The molecule has 0 amide bonds. The van der Waals surface area contributed by atoms with Crippen molar-refractivity contribution in [3.8, 4) is 11.1 Å². The van der Waals surface area contributed by atoms with Crippen molar-refractivity contribution < 1.29 is 18.4 Å². The van der Waals surface area contributed by atoms with Gasteiger partial charge in [0.05, 0.1) is 18.7 Å². The number of benzene rings is 2. The summed E-state index contributed by atoms with van der Waals surface area (Å²) in [6, 6.07) is 16.0. The number of hydrogen-bond acceptors (Lipinski definition) is 5. The van der Waals surface area contributed by atoms with Crippen LogP contribution in [0.2, 0.25) is 0 Å². The molecule has 1 unspecified atom stereocenters. The van der Waals surface area contributed by atoms with E-state index in [1.54, 1.807) is 25.1 Å². The maximum Gasteiger partial charge on any atom is 0.307 e. The molecule has 3 N–H and O–H groups in total. The lowest BCUT2D eigenvalue weighted by Gasteiger charge is -2.10. The van der Waals surface area contributed by atoms with Gasteiger partial charge in [-0.05, 0) is 24.1 Å². The molecule has 0 spiro atoms. The maximum atomic E-state index is 14.0. The smallest absolute Gasteiger partial charge is 0.307 e. The summed E-state index contributed by atoms with van der Waals surface area (Å²) in [6.07, 6.45) is 0.166. The SMILES string of the molecule is CCOC(=O)CCNC(=N)Nc1cc(C(C)c2ccc(-c3ccccc3F)cc2)no1. The van der Waals surface area contributed by atoms with E-state index < -0.39 is 0 Å². The van der Waals surface area contributed by atoms with Gasteiger partial charge < -0.3 is 14.6 Å². The standard InChI is InChI=1S/C23H25FN4O3/c1-3-30-22(29)12-13-26-23(25)27-21-14-20(28-31-21)15(2)16-8-10-17(11-9-16)18-6-4-5-7-19(18)24/h4-11,14-15H,3,12-13H2,1-2H3,(H3,25,26,27). The van der Waals surface area contributed by atoms with Crippen molar-refractivity contribution in [3.05, 3.63) is 71.7 Å². The molecule has 0 bridgehead atoms. The van der Waals surface area contributed by atoms with Crippen LogP contribution < -0.4 is 10.6 Å². The molecule has 1 aromatic heterocycles. The van der Waals surface area contributed by atoms with Crippen LogP contribution in [0.25, 0.3) is 11.1 Å². The minimum Gasteiger partial charge on any atom is -0.466 e. The number of guanidine groups is 1. The number of ether oxygens (including phenoxy) is 1. The molecule has 3 rings (SSSR count). The quantitative estimate of drug-likeness (QED) is 0.279. The van der Waals surface area contributed by atoms with Crippen molar-refractivity contribution in [3.63, 3.8) is 0 Å². The zero-order chi connectivity index (χ0) is 22.2. The van der Waals surface area contributed by atoms with Gasteiger partial charge in [-0.15, -0.1) is 0 Å². The third kappa shape index (κ3) is 5.91.